The van der Waals surface area contributed by atoms with Crippen molar-refractivity contribution < 1.29 is 0 Å². The molecule has 0 radical (unpaired) electrons. The van der Waals surface area contributed by atoms with Gasteiger partial charge in [-0.15, -0.1) is 0 Å². The smallest absolute Gasteiger partial charge is 0.0466 e. The van der Waals surface area contributed by atoms with Gasteiger partial charge in [0.25, 0.3) is 0 Å². The minimum atomic E-state index is 0.0512. The van der Waals surface area contributed by atoms with E-state index in [-0.39, 0.29) is 6.04 Å². The summed E-state index contributed by atoms with van der Waals surface area (Å²) in [5.41, 5.74) is 8.88. The van der Waals surface area contributed by atoms with Crippen LogP contribution < -0.4 is 11.1 Å². The topological polar surface area (TPSA) is 41.3 Å². The number of hydrogen-bond acceptors (Lipinski definition) is 3. The average Bonchev–Trinajstić information content (AvgIpc) is 2.31. The number of likely N-dealkylation sites (N-methyl/N-ethyl adjacent to an activating group) is 1. The third kappa shape index (κ3) is 3.07. The van der Waals surface area contributed by atoms with Gasteiger partial charge in [-0.3, -0.25) is 0 Å². The van der Waals surface area contributed by atoms with E-state index in [4.69, 9.17) is 5.73 Å². The molecule has 4 heteroatoms. The van der Waals surface area contributed by atoms with Crippen molar-refractivity contribution in [2.45, 2.75) is 19.0 Å². The van der Waals surface area contributed by atoms with Crippen molar-refractivity contribution in [3.63, 3.8) is 0 Å². The number of hydrogen-bond donors (Lipinski definition) is 2. The lowest BCUT2D eigenvalue weighted by atomic mass is 9.95. The molecule has 1 aliphatic heterocycles. The molecule has 3 nitrogen and oxygen atoms in total. The lowest BCUT2D eigenvalue weighted by molar-refractivity contribution is 0.219. The summed E-state index contributed by atoms with van der Waals surface area (Å²) in [6.45, 7) is 5.24. The molecular weight excluding hydrogens is 278 g/mol. The molecule has 1 aromatic carbocycles. The van der Waals surface area contributed by atoms with Crippen LogP contribution in [0, 0.1) is 6.92 Å². The van der Waals surface area contributed by atoms with Crippen molar-refractivity contribution in [2.24, 2.45) is 5.73 Å². The van der Waals surface area contributed by atoms with Gasteiger partial charge in [0.1, 0.15) is 0 Å². The van der Waals surface area contributed by atoms with Gasteiger partial charge in [-0.2, -0.15) is 0 Å². The molecule has 2 unspecified atom stereocenters. The number of nitrogens with two attached hydrogens (primary N) is 1. The Kier molecular flexibility index (Phi) is 4.20. The van der Waals surface area contributed by atoms with Gasteiger partial charge in [0.15, 0.2) is 0 Å². The molecular formula is C13H20BrN3. The summed E-state index contributed by atoms with van der Waals surface area (Å²) in [5.74, 6) is 0. The molecule has 0 bridgehead atoms. The van der Waals surface area contributed by atoms with Crippen LogP contribution in [0.2, 0.25) is 0 Å². The quantitative estimate of drug-likeness (QED) is 0.872. The second-order valence-corrected chi connectivity index (χ2v) is 5.77. The van der Waals surface area contributed by atoms with E-state index in [9.17, 15) is 0 Å². The second kappa shape index (κ2) is 5.48. The third-order valence-electron chi connectivity index (χ3n) is 3.44. The van der Waals surface area contributed by atoms with Gasteiger partial charge in [0.2, 0.25) is 0 Å². The molecule has 1 heterocycles. The van der Waals surface area contributed by atoms with E-state index in [0.29, 0.717) is 6.04 Å². The number of benzene rings is 1. The summed E-state index contributed by atoms with van der Waals surface area (Å²) in [4.78, 5) is 2.33. The highest BCUT2D eigenvalue weighted by molar-refractivity contribution is 9.10. The van der Waals surface area contributed by atoms with E-state index in [0.717, 1.165) is 24.1 Å². The summed E-state index contributed by atoms with van der Waals surface area (Å²) in [7, 11) is 2.15. The minimum absolute atomic E-state index is 0.0512. The predicted octanol–water partition coefficient (Wildman–Crippen LogP) is 1.66. The standard InChI is InChI=1S/C13H20BrN3/c1-9-3-4-10(14)7-11(9)13(15)12-8-17(2)6-5-16-12/h3-4,7,12-13,16H,5-6,8,15H2,1-2H3. The molecule has 0 spiro atoms. The first-order valence-electron chi connectivity index (χ1n) is 6.01. The van der Waals surface area contributed by atoms with Gasteiger partial charge in [0, 0.05) is 36.2 Å². The van der Waals surface area contributed by atoms with E-state index >= 15 is 0 Å². The van der Waals surface area contributed by atoms with Gasteiger partial charge in [-0.1, -0.05) is 22.0 Å². The molecule has 17 heavy (non-hydrogen) atoms. The van der Waals surface area contributed by atoms with Crippen LogP contribution in [0.15, 0.2) is 22.7 Å². The lowest BCUT2D eigenvalue weighted by Crippen LogP contribution is -2.53. The molecule has 1 fully saturated rings. The molecule has 2 atom stereocenters. The molecule has 0 aliphatic carbocycles. The highest BCUT2D eigenvalue weighted by Crippen LogP contribution is 2.24. The Labute approximate surface area is 111 Å². The molecule has 0 amide bonds. The van der Waals surface area contributed by atoms with E-state index < -0.39 is 0 Å². The molecule has 1 saturated heterocycles. The fourth-order valence-corrected chi connectivity index (χ4v) is 2.74. The monoisotopic (exact) mass is 297 g/mol. The van der Waals surface area contributed by atoms with Gasteiger partial charge in [-0.05, 0) is 37.2 Å². The Morgan fingerprint density at radius 3 is 3.00 bits per heavy atom. The summed E-state index contributed by atoms with van der Waals surface area (Å²) in [6.07, 6.45) is 0. The minimum Gasteiger partial charge on any atom is -0.323 e. The number of piperazine rings is 1. The molecule has 0 aromatic heterocycles. The Balaban J connectivity index is 2.18. The van der Waals surface area contributed by atoms with Crippen LogP contribution >= 0.6 is 15.9 Å². The Morgan fingerprint density at radius 1 is 1.53 bits per heavy atom. The Morgan fingerprint density at radius 2 is 2.29 bits per heavy atom. The summed E-state index contributed by atoms with van der Waals surface area (Å²) in [5, 5.41) is 3.51. The zero-order valence-electron chi connectivity index (χ0n) is 10.4. The molecule has 1 aliphatic rings. The molecule has 0 saturated carbocycles. The van der Waals surface area contributed by atoms with Gasteiger partial charge in [0.05, 0.1) is 0 Å². The van der Waals surface area contributed by atoms with Gasteiger partial charge >= 0.3 is 0 Å². The van der Waals surface area contributed by atoms with Crippen molar-refractivity contribution in [3.8, 4) is 0 Å². The van der Waals surface area contributed by atoms with Crippen molar-refractivity contribution in [1.29, 1.82) is 0 Å². The fraction of sp³-hybridized carbons (Fsp3) is 0.538. The SMILES string of the molecule is Cc1ccc(Br)cc1C(N)C1CN(C)CCN1. The Bertz CT molecular complexity index is 394. The normalized spacial score (nSPS) is 23.6. The summed E-state index contributed by atoms with van der Waals surface area (Å²) >= 11 is 3.51. The predicted molar refractivity (Wildman–Crippen MR) is 75.1 cm³/mol. The maximum atomic E-state index is 6.39. The summed E-state index contributed by atoms with van der Waals surface area (Å²) in [6, 6.07) is 6.70. The zero-order chi connectivity index (χ0) is 12.4. The largest absolute Gasteiger partial charge is 0.323 e. The van der Waals surface area contributed by atoms with Crippen molar-refractivity contribution in [3.05, 3.63) is 33.8 Å². The average molecular weight is 298 g/mol. The van der Waals surface area contributed by atoms with Gasteiger partial charge < -0.3 is 16.0 Å². The van der Waals surface area contributed by atoms with E-state index in [2.05, 4.69) is 58.3 Å². The first-order valence-corrected chi connectivity index (χ1v) is 6.81. The second-order valence-electron chi connectivity index (χ2n) is 4.85. The van der Waals surface area contributed by atoms with Crippen molar-refractivity contribution >= 4 is 15.9 Å². The number of halogens is 1. The highest BCUT2D eigenvalue weighted by atomic mass is 79.9. The number of nitrogens with one attached hydrogen (secondary N) is 1. The maximum Gasteiger partial charge on any atom is 0.0466 e. The van der Waals surface area contributed by atoms with Crippen LogP contribution in [0.5, 0.6) is 0 Å². The van der Waals surface area contributed by atoms with Crippen LogP contribution in [0.1, 0.15) is 17.2 Å². The molecule has 2 rings (SSSR count). The van der Waals surface area contributed by atoms with Crippen LogP contribution in [0.25, 0.3) is 0 Å². The first-order chi connectivity index (χ1) is 8.08. The number of aryl methyl sites for hydroxylation is 1. The highest BCUT2D eigenvalue weighted by Gasteiger charge is 2.24. The number of nitrogens with zero attached hydrogens (tertiary/aromatic N) is 1. The van der Waals surface area contributed by atoms with Crippen LogP contribution in [0.4, 0.5) is 0 Å². The molecule has 3 N–H and O–H groups in total. The van der Waals surface area contributed by atoms with E-state index in [1.54, 1.807) is 0 Å². The van der Waals surface area contributed by atoms with E-state index in [1.165, 1.54) is 11.1 Å². The maximum absolute atomic E-state index is 6.39. The van der Waals surface area contributed by atoms with Crippen molar-refractivity contribution in [1.82, 2.24) is 10.2 Å². The summed E-state index contributed by atoms with van der Waals surface area (Å²) < 4.78 is 1.10. The van der Waals surface area contributed by atoms with Crippen LogP contribution in [0.3, 0.4) is 0 Å². The van der Waals surface area contributed by atoms with Crippen molar-refractivity contribution in [2.75, 3.05) is 26.7 Å². The van der Waals surface area contributed by atoms with E-state index in [1.807, 2.05) is 0 Å². The number of rotatable bonds is 2. The molecule has 94 valence electrons. The Hall–Kier alpha value is -0.420. The molecule has 1 aromatic rings. The van der Waals surface area contributed by atoms with Gasteiger partial charge in [-0.25, -0.2) is 0 Å². The first kappa shape index (κ1) is 13.0. The van der Waals surface area contributed by atoms with Crippen LogP contribution in [-0.4, -0.2) is 37.6 Å². The lowest BCUT2D eigenvalue weighted by Gasteiger charge is -2.35. The van der Waals surface area contributed by atoms with Crippen LogP contribution in [-0.2, 0) is 0 Å². The zero-order valence-corrected chi connectivity index (χ0v) is 12.0. The third-order valence-corrected chi connectivity index (χ3v) is 3.94. The fourth-order valence-electron chi connectivity index (χ4n) is 2.36.